The number of hydrogen-bond donors (Lipinski definition) is 1. The van der Waals surface area contributed by atoms with E-state index in [0.29, 0.717) is 16.1 Å². The molecule has 2 rings (SSSR count). The van der Waals surface area contributed by atoms with E-state index in [1.54, 1.807) is 24.3 Å². The van der Waals surface area contributed by atoms with E-state index in [-0.39, 0.29) is 5.91 Å². The van der Waals surface area contributed by atoms with Gasteiger partial charge in [0.1, 0.15) is 0 Å². The zero-order valence-corrected chi connectivity index (χ0v) is 13.3. The quantitative estimate of drug-likeness (QED) is 0.852. The zero-order chi connectivity index (χ0) is 14.7. The molecule has 0 aliphatic rings. The van der Waals surface area contributed by atoms with Crippen LogP contribution in [0.3, 0.4) is 0 Å². The molecule has 0 radical (unpaired) electrons. The number of amides is 1. The minimum Gasteiger partial charge on any atom is -0.465 e. The molecule has 1 aromatic heterocycles. The van der Waals surface area contributed by atoms with Crippen molar-refractivity contribution in [2.45, 2.75) is 6.92 Å². The summed E-state index contributed by atoms with van der Waals surface area (Å²) in [6.07, 6.45) is 0. The number of aryl methyl sites for hydroxylation is 1. The molecule has 1 aromatic carbocycles. The van der Waals surface area contributed by atoms with Gasteiger partial charge in [-0.2, -0.15) is 0 Å². The lowest BCUT2D eigenvalue weighted by molar-refractivity contribution is 0.0602. The molecule has 6 heteroatoms. The first-order chi connectivity index (χ1) is 9.51. The minimum absolute atomic E-state index is 0.255. The molecular formula is C14H12BrNO3S. The van der Waals surface area contributed by atoms with Gasteiger partial charge >= 0.3 is 5.97 Å². The van der Waals surface area contributed by atoms with Crippen molar-refractivity contribution >= 4 is 44.8 Å². The van der Waals surface area contributed by atoms with Gasteiger partial charge in [0.15, 0.2) is 0 Å². The Kier molecular flexibility index (Phi) is 4.57. The number of carbonyl (C=O) groups excluding carboxylic acids is 2. The average molecular weight is 354 g/mol. The number of ether oxygens (including phenoxy) is 1. The molecule has 0 atom stereocenters. The third-order valence-corrected chi connectivity index (χ3v) is 4.25. The number of anilines is 1. The minimum atomic E-state index is -0.476. The lowest BCUT2D eigenvalue weighted by Crippen LogP contribution is -2.14. The Labute approximate surface area is 128 Å². The molecule has 1 amide bonds. The summed E-state index contributed by atoms with van der Waals surface area (Å²) in [5.41, 5.74) is 1.70. The number of rotatable bonds is 3. The SMILES string of the molecule is COC(=O)c1cc(C)ccc1NC(=O)c1ccc(Br)s1. The molecule has 0 saturated carbocycles. The molecule has 0 aliphatic heterocycles. The van der Waals surface area contributed by atoms with Crippen molar-refractivity contribution in [3.8, 4) is 0 Å². The maximum atomic E-state index is 12.1. The topological polar surface area (TPSA) is 55.4 Å². The van der Waals surface area contributed by atoms with E-state index in [2.05, 4.69) is 21.2 Å². The molecule has 1 heterocycles. The van der Waals surface area contributed by atoms with Crippen molar-refractivity contribution in [3.63, 3.8) is 0 Å². The van der Waals surface area contributed by atoms with Gasteiger partial charge in [0.05, 0.1) is 27.0 Å². The Morgan fingerprint density at radius 3 is 2.60 bits per heavy atom. The fraction of sp³-hybridized carbons (Fsp3) is 0.143. The van der Waals surface area contributed by atoms with Gasteiger partial charge in [-0.25, -0.2) is 4.79 Å². The number of carbonyl (C=O) groups is 2. The highest BCUT2D eigenvalue weighted by Gasteiger charge is 2.16. The molecule has 0 saturated heterocycles. The summed E-state index contributed by atoms with van der Waals surface area (Å²) in [7, 11) is 1.31. The summed E-state index contributed by atoms with van der Waals surface area (Å²) in [6.45, 7) is 1.87. The number of thiophene rings is 1. The molecule has 0 bridgehead atoms. The van der Waals surface area contributed by atoms with Crippen molar-refractivity contribution in [1.29, 1.82) is 0 Å². The smallest absolute Gasteiger partial charge is 0.339 e. The Hall–Kier alpha value is -1.66. The second kappa shape index (κ2) is 6.19. The number of halogens is 1. The van der Waals surface area contributed by atoms with Crippen LogP contribution in [0.4, 0.5) is 5.69 Å². The molecule has 4 nitrogen and oxygen atoms in total. The number of esters is 1. The predicted molar refractivity (Wildman–Crippen MR) is 82.5 cm³/mol. The zero-order valence-electron chi connectivity index (χ0n) is 10.9. The van der Waals surface area contributed by atoms with Crippen LogP contribution < -0.4 is 5.32 Å². The van der Waals surface area contributed by atoms with Gasteiger partial charge in [-0.3, -0.25) is 4.79 Å². The van der Waals surface area contributed by atoms with E-state index in [1.807, 2.05) is 13.0 Å². The van der Waals surface area contributed by atoms with Gasteiger partial charge in [-0.1, -0.05) is 11.6 Å². The second-order valence-electron chi connectivity index (χ2n) is 4.10. The molecule has 2 aromatic rings. The van der Waals surface area contributed by atoms with Crippen molar-refractivity contribution in [3.05, 3.63) is 50.1 Å². The summed E-state index contributed by atoms with van der Waals surface area (Å²) in [5, 5.41) is 2.73. The summed E-state index contributed by atoms with van der Waals surface area (Å²) >= 11 is 4.64. The molecular weight excluding hydrogens is 342 g/mol. The van der Waals surface area contributed by atoms with E-state index >= 15 is 0 Å². The molecule has 0 spiro atoms. The highest BCUT2D eigenvalue weighted by atomic mass is 79.9. The van der Waals surface area contributed by atoms with Crippen LogP contribution in [-0.2, 0) is 4.74 Å². The molecule has 0 aliphatic carbocycles. The van der Waals surface area contributed by atoms with Crippen molar-refractivity contribution in [1.82, 2.24) is 0 Å². The monoisotopic (exact) mass is 353 g/mol. The van der Waals surface area contributed by atoms with Crippen molar-refractivity contribution in [2.75, 3.05) is 12.4 Å². The highest BCUT2D eigenvalue weighted by molar-refractivity contribution is 9.11. The first-order valence-corrected chi connectivity index (χ1v) is 7.38. The third-order valence-electron chi connectivity index (χ3n) is 2.63. The van der Waals surface area contributed by atoms with Crippen LogP contribution in [0.2, 0.25) is 0 Å². The van der Waals surface area contributed by atoms with E-state index < -0.39 is 5.97 Å². The van der Waals surface area contributed by atoms with Crippen LogP contribution in [0.1, 0.15) is 25.6 Å². The van der Waals surface area contributed by atoms with E-state index in [1.165, 1.54) is 18.4 Å². The highest BCUT2D eigenvalue weighted by Crippen LogP contribution is 2.24. The van der Waals surface area contributed by atoms with E-state index in [4.69, 9.17) is 4.74 Å². The van der Waals surface area contributed by atoms with Gasteiger partial charge in [0, 0.05) is 0 Å². The molecule has 104 valence electrons. The van der Waals surface area contributed by atoms with Gasteiger partial charge in [-0.05, 0) is 47.1 Å². The van der Waals surface area contributed by atoms with Crippen LogP contribution in [0, 0.1) is 6.92 Å². The molecule has 1 N–H and O–H groups in total. The van der Waals surface area contributed by atoms with Crippen molar-refractivity contribution < 1.29 is 14.3 Å². The maximum absolute atomic E-state index is 12.1. The fourth-order valence-corrected chi connectivity index (χ4v) is 2.95. The Morgan fingerprint density at radius 2 is 2.00 bits per heavy atom. The average Bonchev–Trinajstić information content (AvgIpc) is 2.86. The first-order valence-electron chi connectivity index (χ1n) is 5.77. The standard InChI is InChI=1S/C14H12BrNO3S/c1-8-3-4-10(9(7-8)14(18)19-2)16-13(17)11-5-6-12(15)20-11/h3-7H,1-2H3,(H,16,17). The summed E-state index contributed by atoms with van der Waals surface area (Å²) in [4.78, 5) is 24.4. The molecule has 0 fully saturated rings. The van der Waals surface area contributed by atoms with E-state index in [9.17, 15) is 9.59 Å². The maximum Gasteiger partial charge on any atom is 0.339 e. The van der Waals surface area contributed by atoms with Crippen LogP contribution in [-0.4, -0.2) is 19.0 Å². The van der Waals surface area contributed by atoms with Crippen LogP contribution in [0.5, 0.6) is 0 Å². The van der Waals surface area contributed by atoms with E-state index in [0.717, 1.165) is 9.35 Å². The second-order valence-corrected chi connectivity index (χ2v) is 6.56. The predicted octanol–water partition coefficient (Wildman–Crippen LogP) is 3.86. The van der Waals surface area contributed by atoms with Crippen molar-refractivity contribution in [2.24, 2.45) is 0 Å². The number of nitrogens with one attached hydrogen (secondary N) is 1. The third kappa shape index (κ3) is 3.26. The van der Waals surface area contributed by atoms with Crippen LogP contribution in [0.25, 0.3) is 0 Å². The lowest BCUT2D eigenvalue weighted by atomic mass is 10.1. The number of benzene rings is 1. The Balaban J connectivity index is 2.29. The van der Waals surface area contributed by atoms with Gasteiger partial charge < -0.3 is 10.1 Å². The lowest BCUT2D eigenvalue weighted by Gasteiger charge is -2.09. The molecule has 0 unspecified atom stereocenters. The Bertz CT molecular complexity index is 666. The summed E-state index contributed by atoms with van der Waals surface area (Å²) in [5.74, 6) is -0.730. The number of hydrogen-bond acceptors (Lipinski definition) is 4. The van der Waals surface area contributed by atoms with Gasteiger partial charge in [-0.15, -0.1) is 11.3 Å². The normalized spacial score (nSPS) is 10.2. The number of methoxy groups -OCH3 is 1. The summed E-state index contributed by atoms with van der Waals surface area (Å²) < 4.78 is 5.60. The van der Waals surface area contributed by atoms with Gasteiger partial charge in [0.2, 0.25) is 0 Å². The largest absolute Gasteiger partial charge is 0.465 e. The summed E-state index contributed by atoms with van der Waals surface area (Å²) in [6, 6.07) is 8.73. The first kappa shape index (κ1) is 14.7. The van der Waals surface area contributed by atoms with Gasteiger partial charge in [0.25, 0.3) is 5.91 Å². The van der Waals surface area contributed by atoms with Crippen LogP contribution in [0.15, 0.2) is 34.1 Å². The fourth-order valence-electron chi connectivity index (χ4n) is 1.67. The Morgan fingerprint density at radius 1 is 1.25 bits per heavy atom. The molecule has 20 heavy (non-hydrogen) atoms. The van der Waals surface area contributed by atoms with Crippen LogP contribution >= 0.6 is 27.3 Å².